The zero-order chi connectivity index (χ0) is 13.6. The first kappa shape index (κ1) is 13.0. The molecule has 96 valence electrons. The molecule has 0 amide bonds. The van der Waals surface area contributed by atoms with Gasteiger partial charge in [-0.3, -0.25) is 0 Å². The number of hydrogen-bond donors (Lipinski definition) is 0. The minimum absolute atomic E-state index is 1.41. The summed E-state index contributed by atoms with van der Waals surface area (Å²) < 4.78 is 3.27. The molecule has 0 saturated carbocycles. The Morgan fingerprint density at radius 3 is 1.53 bits per heavy atom. The van der Waals surface area contributed by atoms with Crippen LogP contribution >= 0.6 is 0 Å². The van der Waals surface area contributed by atoms with Gasteiger partial charge in [0.1, 0.15) is 0 Å². The molecule has 0 unspecified atom stereocenters. The van der Waals surface area contributed by atoms with Crippen molar-refractivity contribution in [2.75, 3.05) is 0 Å². The number of hydrogen-bond acceptors (Lipinski definition) is 0. The zero-order valence-electron chi connectivity index (χ0n) is 12.1. The van der Waals surface area contributed by atoms with E-state index in [1.54, 1.807) is 7.16 Å². The SMILES string of the molecule is Cc1ccc[c]2c1C=Cc1c(C)ccc[c]1[Sn]2([CH3])[CH3]. The van der Waals surface area contributed by atoms with Gasteiger partial charge >= 0.3 is 120 Å². The van der Waals surface area contributed by atoms with Crippen molar-refractivity contribution < 1.29 is 0 Å². The van der Waals surface area contributed by atoms with Crippen LogP contribution in [0.4, 0.5) is 0 Å². The second-order valence-electron chi connectivity index (χ2n) is 6.03. The third-order valence-corrected chi connectivity index (χ3v) is 14.6. The van der Waals surface area contributed by atoms with Crippen LogP contribution in [0.2, 0.25) is 9.88 Å². The van der Waals surface area contributed by atoms with Gasteiger partial charge in [0.2, 0.25) is 0 Å². The number of fused-ring (bicyclic) bond motifs is 2. The van der Waals surface area contributed by atoms with Crippen LogP contribution in [0.25, 0.3) is 12.2 Å². The fourth-order valence-corrected chi connectivity index (χ4v) is 12.4. The fraction of sp³-hybridized carbons (Fsp3) is 0.222. The Hall–Kier alpha value is -1.02. The normalized spacial score (nSPS) is 15.6. The van der Waals surface area contributed by atoms with Gasteiger partial charge in [-0.2, -0.15) is 0 Å². The molecular weight excluding hydrogens is 335 g/mol. The van der Waals surface area contributed by atoms with Gasteiger partial charge in [-0.1, -0.05) is 0 Å². The topological polar surface area (TPSA) is 0 Å². The first-order valence-electron chi connectivity index (χ1n) is 6.90. The Morgan fingerprint density at radius 1 is 0.684 bits per heavy atom. The molecule has 1 aliphatic heterocycles. The Labute approximate surface area is 120 Å². The maximum absolute atomic E-state index is 2.54. The van der Waals surface area contributed by atoms with E-state index >= 15 is 0 Å². The van der Waals surface area contributed by atoms with Gasteiger partial charge in [0.15, 0.2) is 0 Å². The van der Waals surface area contributed by atoms with Crippen molar-refractivity contribution in [1.29, 1.82) is 0 Å². The van der Waals surface area contributed by atoms with Crippen LogP contribution in [-0.4, -0.2) is 18.4 Å². The average Bonchev–Trinajstić information content (AvgIpc) is 2.48. The fourth-order valence-electron chi connectivity index (χ4n) is 3.21. The molecule has 19 heavy (non-hydrogen) atoms. The van der Waals surface area contributed by atoms with E-state index in [1.807, 2.05) is 0 Å². The first-order valence-corrected chi connectivity index (χ1v) is 15.5. The van der Waals surface area contributed by atoms with Crippen molar-refractivity contribution in [3.63, 3.8) is 0 Å². The summed E-state index contributed by atoms with van der Waals surface area (Å²) in [5, 5.41) is 0. The third-order valence-electron chi connectivity index (χ3n) is 4.41. The Bertz CT molecular complexity index is 621. The summed E-state index contributed by atoms with van der Waals surface area (Å²) in [5.41, 5.74) is 5.76. The molecule has 2 aromatic carbocycles. The van der Waals surface area contributed by atoms with Crippen molar-refractivity contribution in [1.82, 2.24) is 0 Å². The van der Waals surface area contributed by atoms with Gasteiger partial charge in [-0.15, -0.1) is 0 Å². The van der Waals surface area contributed by atoms with Gasteiger partial charge in [0.25, 0.3) is 0 Å². The second kappa shape index (κ2) is 4.52. The first-order chi connectivity index (χ1) is 9.01. The van der Waals surface area contributed by atoms with Gasteiger partial charge in [0, 0.05) is 0 Å². The average molecular weight is 355 g/mol. The molecule has 1 heteroatoms. The molecule has 2 aromatic rings. The van der Waals surface area contributed by atoms with E-state index in [2.05, 4.69) is 72.3 Å². The monoisotopic (exact) mass is 356 g/mol. The molecule has 0 bridgehead atoms. The Morgan fingerprint density at radius 2 is 1.11 bits per heavy atom. The minimum atomic E-state index is -2.45. The van der Waals surface area contributed by atoms with Crippen LogP contribution < -0.4 is 7.16 Å². The van der Waals surface area contributed by atoms with Crippen LogP contribution in [0.1, 0.15) is 22.3 Å². The zero-order valence-corrected chi connectivity index (χ0v) is 15.0. The third kappa shape index (κ3) is 1.97. The molecule has 1 heterocycles. The summed E-state index contributed by atoms with van der Waals surface area (Å²) in [4.78, 5) is 5.08. The van der Waals surface area contributed by atoms with Crippen LogP contribution in [0.15, 0.2) is 36.4 Å². The van der Waals surface area contributed by atoms with Gasteiger partial charge in [-0.25, -0.2) is 0 Å². The van der Waals surface area contributed by atoms with E-state index in [1.165, 1.54) is 22.3 Å². The molecule has 0 atom stereocenters. The molecule has 0 aromatic heterocycles. The van der Waals surface area contributed by atoms with E-state index in [9.17, 15) is 0 Å². The van der Waals surface area contributed by atoms with Crippen molar-refractivity contribution in [3.05, 3.63) is 58.7 Å². The standard InChI is InChI=1S/C16H14.2CH3.Sn/c1-13-7-3-5-9-15(13)11-12-16-10-6-4-8-14(16)2;;;/h3-8,11-12H,1-2H3;2*1H3;. The number of benzene rings is 2. The summed E-state index contributed by atoms with van der Waals surface area (Å²) in [6.45, 7) is 4.46. The van der Waals surface area contributed by atoms with Gasteiger partial charge < -0.3 is 0 Å². The summed E-state index contributed by atoms with van der Waals surface area (Å²) in [7, 11) is 0. The van der Waals surface area contributed by atoms with Crippen LogP contribution in [0.3, 0.4) is 0 Å². The number of rotatable bonds is 0. The van der Waals surface area contributed by atoms with E-state index in [-0.39, 0.29) is 0 Å². The molecular formula is C18H20Sn. The van der Waals surface area contributed by atoms with Gasteiger partial charge in [0.05, 0.1) is 0 Å². The molecule has 0 spiro atoms. The molecule has 0 N–H and O–H groups in total. The predicted molar refractivity (Wildman–Crippen MR) is 88.0 cm³/mol. The van der Waals surface area contributed by atoms with E-state index in [4.69, 9.17) is 0 Å². The molecule has 0 radical (unpaired) electrons. The predicted octanol–water partition coefficient (Wildman–Crippen LogP) is 3.61. The van der Waals surface area contributed by atoms with Crippen molar-refractivity contribution in [2.24, 2.45) is 0 Å². The van der Waals surface area contributed by atoms with Crippen LogP contribution in [0.5, 0.6) is 0 Å². The second-order valence-corrected chi connectivity index (χ2v) is 18.4. The summed E-state index contributed by atoms with van der Waals surface area (Å²) in [5.74, 6) is 0. The molecule has 1 aliphatic rings. The van der Waals surface area contributed by atoms with Crippen LogP contribution in [-0.2, 0) is 0 Å². The maximum atomic E-state index is 2.54. The van der Waals surface area contributed by atoms with E-state index in [0.29, 0.717) is 0 Å². The summed E-state index contributed by atoms with van der Waals surface area (Å²) >= 11 is -2.45. The Balaban J connectivity index is 2.39. The van der Waals surface area contributed by atoms with Crippen molar-refractivity contribution in [2.45, 2.75) is 23.7 Å². The number of aryl methyl sites for hydroxylation is 2. The van der Waals surface area contributed by atoms with E-state index < -0.39 is 18.4 Å². The van der Waals surface area contributed by atoms with Crippen molar-refractivity contribution >= 4 is 37.7 Å². The van der Waals surface area contributed by atoms with Gasteiger partial charge in [-0.05, 0) is 0 Å². The Kier molecular flexibility index (Phi) is 3.09. The summed E-state index contributed by atoms with van der Waals surface area (Å²) in [6, 6.07) is 13.6. The quantitative estimate of drug-likeness (QED) is 0.634. The van der Waals surface area contributed by atoms with Crippen molar-refractivity contribution in [3.8, 4) is 0 Å². The molecule has 0 aliphatic carbocycles. The molecule has 0 nitrogen and oxygen atoms in total. The molecule has 3 rings (SSSR count). The summed E-state index contributed by atoms with van der Waals surface area (Å²) in [6.07, 6.45) is 4.67. The molecule has 0 fully saturated rings. The molecule has 0 saturated heterocycles. The van der Waals surface area contributed by atoms with E-state index in [0.717, 1.165) is 0 Å². The van der Waals surface area contributed by atoms with Crippen LogP contribution in [0, 0.1) is 13.8 Å².